The van der Waals surface area contributed by atoms with E-state index in [2.05, 4.69) is 10.2 Å². The highest BCUT2D eigenvalue weighted by Crippen LogP contribution is 2.29. The van der Waals surface area contributed by atoms with Crippen LogP contribution in [0.2, 0.25) is 5.02 Å². The van der Waals surface area contributed by atoms with Crippen LogP contribution in [-0.4, -0.2) is 46.5 Å². The summed E-state index contributed by atoms with van der Waals surface area (Å²) in [5.74, 6) is 0.355. The van der Waals surface area contributed by atoms with Crippen LogP contribution >= 0.6 is 34.7 Å². The van der Waals surface area contributed by atoms with Crippen LogP contribution in [0.15, 0.2) is 28.6 Å². The standard InChI is InChI=1S/C14H15ClN4O2S2/c15-10-4-2-1-3-9(10)11-7-19(5-6-21-11)12(20)8-22-14-18-17-13(16)23-14/h1-4,11H,5-8H2,(H2,16,17). The summed E-state index contributed by atoms with van der Waals surface area (Å²) in [6.07, 6.45) is -0.191. The lowest BCUT2D eigenvalue weighted by Crippen LogP contribution is -2.43. The molecule has 9 heteroatoms. The van der Waals surface area contributed by atoms with Crippen LogP contribution in [0.5, 0.6) is 0 Å². The Labute approximate surface area is 147 Å². The molecule has 0 bridgehead atoms. The normalized spacial score (nSPS) is 18.1. The van der Waals surface area contributed by atoms with Gasteiger partial charge in [0.2, 0.25) is 11.0 Å². The number of rotatable bonds is 4. The largest absolute Gasteiger partial charge is 0.374 e. The average Bonchev–Trinajstić information content (AvgIpc) is 2.98. The van der Waals surface area contributed by atoms with Gasteiger partial charge in [0.1, 0.15) is 6.10 Å². The number of anilines is 1. The molecule has 2 N–H and O–H groups in total. The number of nitrogens with zero attached hydrogens (tertiary/aromatic N) is 3. The topological polar surface area (TPSA) is 81.3 Å². The third-order valence-corrected chi connectivity index (χ3v) is 5.63. The van der Waals surface area contributed by atoms with Gasteiger partial charge in [0.05, 0.1) is 18.9 Å². The van der Waals surface area contributed by atoms with Crippen LogP contribution in [0.4, 0.5) is 5.13 Å². The van der Waals surface area contributed by atoms with Crippen LogP contribution in [0.1, 0.15) is 11.7 Å². The van der Waals surface area contributed by atoms with Gasteiger partial charge in [0.25, 0.3) is 0 Å². The van der Waals surface area contributed by atoms with Gasteiger partial charge < -0.3 is 15.4 Å². The van der Waals surface area contributed by atoms with E-state index in [4.69, 9.17) is 22.1 Å². The molecular formula is C14H15ClN4O2S2. The molecule has 1 saturated heterocycles. The van der Waals surface area contributed by atoms with E-state index >= 15 is 0 Å². The maximum Gasteiger partial charge on any atom is 0.233 e. The van der Waals surface area contributed by atoms with Crippen LogP contribution < -0.4 is 5.73 Å². The van der Waals surface area contributed by atoms with Gasteiger partial charge >= 0.3 is 0 Å². The third kappa shape index (κ3) is 4.14. The third-order valence-electron chi connectivity index (χ3n) is 3.41. The predicted octanol–water partition coefficient (Wildman–Crippen LogP) is 2.47. The molecule has 6 nitrogen and oxygen atoms in total. The number of ether oxygens (including phenoxy) is 1. The fourth-order valence-corrected chi connectivity index (χ4v) is 4.09. The molecule has 0 spiro atoms. The van der Waals surface area contributed by atoms with E-state index in [9.17, 15) is 4.79 Å². The Morgan fingerprint density at radius 3 is 3.04 bits per heavy atom. The molecule has 2 aromatic rings. The predicted molar refractivity (Wildman–Crippen MR) is 91.8 cm³/mol. The van der Waals surface area contributed by atoms with Crippen molar-refractivity contribution in [2.45, 2.75) is 10.4 Å². The van der Waals surface area contributed by atoms with E-state index in [0.717, 1.165) is 5.56 Å². The summed E-state index contributed by atoms with van der Waals surface area (Å²) in [7, 11) is 0. The van der Waals surface area contributed by atoms with Crippen molar-refractivity contribution in [2.75, 3.05) is 31.2 Å². The lowest BCUT2D eigenvalue weighted by Gasteiger charge is -2.33. The first-order valence-electron chi connectivity index (χ1n) is 6.99. The first-order valence-corrected chi connectivity index (χ1v) is 9.17. The zero-order valence-electron chi connectivity index (χ0n) is 12.1. The minimum absolute atomic E-state index is 0.0455. The molecule has 23 heavy (non-hydrogen) atoms. The smallest absolute Gasteiger partial charge is 0.233 e. The van der Waals surface area contributed by atoms with Crippen molar-refractivity contribution in [1.29, 1.82) is 0 Å². The first-order chi connectivity index (χ1) is 11.1. The molecule has 1 unspecified atom stereocenters. The van der Waals surface area contributed by atoms with E-state index in [1.54, 1.807) is 4.90 Å². The Morgan fingerprint density at radius 2 is 2.30 bits per heavy atom. The monoisotopic (exact) mass is 370 g/mol. The van der Waals surface area contributed by atoms with Crippen molar-refractivity contribution in [1.82, 2.24) is 15.1 Å². The van der Waals surface area contributed by atoms with E-state index < -0.39 is 0 Å². The molecular weight excluding hydrogens is 356 g/mol. The first kappa shape index (κ1) is 16.5. The maximum atomic E-state index is 12.4. The number of carbonyl (C=O) groups is 1. The zero-order valence-corrected chi connectivity index (χ0v) is 14.5. The van der Waals surface area contributed by atoms with Crippen molar-refractivity contribution < 1.29 is 9.53 Å². The molecule has 1 aliphatic rings. The molecule has 1 amide bonds. The zero-order chi connectivity index (χ0) is 16.2. The number of nitrogens with two attached hydrogens (primary N) is 1. The molecule has 0 radical (unpaired) electrons. The maximum absolute atomic E-state index is 12.4. The van der Waals surface area contributed by atoms with Crippen LogP contribution in [0.25, 0.3) is 0 Å². The molecule has 1 aromatic heterocycles. The molecule has 0 saturated carbocycles. The van der Waals surface area contributed by atoms with Crippen molar-refractivity contribution in [3.8, 4) is 0 Å². The van der Waals surface area contributed by atoms with Crippen molar-refractivity contribution in [3.05, 3.63) is 34.9 Å². The van der Waals surface area contributed by atoms with Crippen LogP contribution in [-0.2, 0) is 9.53 Å². The molecule has 0 aliphatic carbocycles. The second-order valence-corrected chi connectivity index (χ2v) is 7.55. The number of hydrogen-bond donors (Lipinski definition) is 1. The number of morpholine rings is 1. The van der Waals surface area contributed by atoms with Gasteiger partial charge in [-0.2, -0.15) is 0 Å². The van der Waals surface area contributed by atoms with Crippen molar-refractivity contribution in [2.24, 2.45) is 0 Å². The van der Waals surface area contributed by atoms with Crippen LogP contribution in [0, 0.1) is 0 Å². The Bertz CT molecular complexity index is 697. The van der Waals surface area contributed by atoms with Gasteiger partial charge in [-0.3, -0.25) is 4.79 Å². The molecule has 1 aromatic carbocycles. The highest BCUT2D eigenvalue weighted by atomic mass is 35.5. The molecule has 2 heterocycles. The highest BCUT2D eigenvalue weighted by Gasteiger charge is 2.26. The summed E-state index contributed by atoms with van der Waals surface area (Å²) < 4.78 is 6.47. The molecule has 1 atom stereocenters. The fraction of sp³-hybridized carbons (Fsp3) is 0.357. The van der Waals surface area contributed by atoms with E-state index in [0.29, 0.717) is 39.9 Å². The number of hydrogen-bond acceptors (Lipinski definition) is 7. The molecule has 3 rings (SSSR count). The number of nitrogen functional groups attached to an aromatic ring is 1. The minimum Gasteiger partial charge on any atom is -0.374 e. The van der Waals surface area contributed by atoms with E-state index in [-0.39, 0.29) is 12.0 Å². The quantitative estimate of drug-likeness (QED) is 0.832. The number of benzene rings is 1. The fourth-order valence-electron chi connectivity index (χ4n) is 2.29. The second kappa shape index (κ2) is 7.48. The lowest BCUT2D eigenvalue weighted by atomic mass is 10.1. The van der Waals surface area contributed by atoms with Gasteiger partial charge in [-0.25, -0.2) is 0 Å². The second-order valence-electron chi connectivity index (χ2n) is 4.92. The van der Waals surface area contributed by atoms with Crippen LogP contribution in [0.3, 0.4) is 0 Å². The number of thioether (sulfide) groups is 1. The van der Waals surface area contributed by atoms with Gasteiger partial charge in [0.15, 0.2) is 4.34 Å². The minimum atomic E-state index is -0.191. The van der Waals surface area contributed by atoms with Gasteiger partial charge in [-0.1, -0.05) is 52.9 Å². The Hall–Kier alpha value is -1.35. The average molecular weight is 371 g/mol. The summed E-state index contributed by atoms with van der Waals surface area (Å²) in [5.41, 5.74) is 6.44. The van der Waals surface area contributed by atoms with Gasteiger partial charge in [-0.05, 0) is 6.07 Å². The number of aromatic nitrogens is 2. The Morgan fingerprint density at radius 1 is 1.48 bits per heavy atom. The van der Waals surface area contributed by atoms with Gasteiger partial charge in [-0.15, -0.1) is 10.2 Å². The summed E-state index contributed by atoms with van der Waals surface area (Å²) in [4.78, 5) is 14.2. The summed E-state index contributed by atoms with van der Waals surface area (Å²) >= 11 is 8.85. The van der Waals surface area contributed by atoms with E-state index in [1.165, 1.54) is 23.1 Å². The highest BCUT2D eigenvalue weighted by molar-refractivity contribution is 8.01. The summed E-state index contributed by atoms with van der Waals surface area (Å²) in [6.45, 7) is 1.58. The van der Waals surface area contributed by atoms with Gasteiger partial charge in [0, 0.05) is 17.1 Å². The number of halogens is 1. The van der Waals surface area contributed by atoms with E-state index in [1.807, 2.05) is 24.3 Å². The Balaban J connectivity index is 1.59. The Kier molecular flexibility index (Phi) is 5.37. The summed E-state index contributed by atoms with van der Waals surface area (Å²) in [6, 6.07) is 7.56. The molecule has 1 fully saturated rings. The SMILES string of the molecule is Nc1nnc(SCC(=O)N2CCOC(c3ccccc3Cl)C2)s1. The lowest BCUT2D eigenvalue weighted by molar-refractivity contribution is -0.136. The summed E-state index contributed by atoms with van der Waals surface area (Å²) in [5, 5.41) is 8.70. The molecule has 122 valence electrons. The van der Waals surface area contributed by atoms with Crippen molar-refractivity contribution in [3.63, 3.8) is 0 Å². The number of carbonyl (C=O) groups excluding carboxylic acids is 1. The van der Waals surface area contributed by atoms with Crippen molar-refractivity contribution >= 4 is 45.7 Å². The molecule has 1 aliphatic heterocycles. The number of amides is 1.